The predicted octanol–water partition coefficient (Wildman–Crippen LogP) is 3.64. The van der Waals surface area contributed by atoms with E-state index in [1.165, 1.54) is 0 Å². The van der Waals surface area contributed by atoms with E-state index in [1.54, 1.807) is 35.4 Å². The summed E-state index contributed by atoms with van der Waals surface area (Å²) in [4.78, 5) is 4.09. The minimum absolute atomic E-state index is 0.479. The van der Waals surface area contributed by atoms with Crippen LogP contribution in [0.3, 0.4) is 0 Å². The summed E-state index contributed by atoms with van der Waals surface area (Å²) < 4.78 is 1.69. The number of nitrogens with zero attached hydrogens (tertiary/aromatic N) is 4. The van der Waals surface area contributed by atoms with E-state index < -0.39 is 0 Å². The Kier molecular flexibility index (Phi) is 3.19. The van der Waals surface area contributed by atoms with Crippen molar-refractivity contribution in [1.29, 1.82) is 0 Å². The summed E-state index contributed by atoms with van der Waals surface area (Å²) in [5.41, 5.74) is 2.57. The smallest absolute Gasteiger partial charge is 0.0959 e. The molecule has 1 aromatic carbocycles. The summed E-state index contributed by atoms with van der Waals surface area (Å²) in [6.45, 7) is 0. The number of aromatic nitrogens is 4. The fraction of sp³-hybridized carbons (Fsp3) is 0. The number of hydrogen-bond donors (Lipinski definition) is 0. The predicted molar refractivity (Wildman–Crippen MR) is 74.6 cm³/mol. The Hall–Kier alpha value is -1.91. The summed E-state index contributed by atoms with van der Waals surface area (Å²) in [7, 11) is 0. The molecule has 3 aromatic rings. The Morgan fingerprint density at radius 2 is 1.89 bits per heavy atom. The Morgan fingerprint density at radius 3 is 2.63 bits per heavy atom. The van der Waals surface area contributed by atoms with Crippen molar-refractivity contribution in [2.45, 2.75) is 0 Å². The van der Waals surface area contributed by atoms with Gasteiger partial charge in [-0.1, -0.05) is 28.4 Å². The molecule has 0 bridgehead atoms. The molecule has 2 aromatic heterocycles. The molecule has 0 aliphatic rings. The number of hydrogen-bond acceptors (Lipinski definition) is 3. The van der Waals surface area contributed by atoms with E-state index >= 15 is 0 Å². The highest BCUT2D eigenvalue weighted by Gasteiger charge is 2.10. The molecular formula is C13H8Cl2N4. The molecule has 0 N–H and O–H groups in total. The second-order valence-corrected chi connectivity index (χ2v) is 4.69. The highest BCUT2D eigenvalue weighted by Crippen LogP contribution is 2.26. The molecule has 0 fully saturated rings. The van der Waals surface area contributed by atoms with Gasteiger partial charge in [-0.3, -0.25) is 4.98 Å². The van der Waals surface area contributed by atoms with Crippen LogP contribution in [0.2, 0.25) is 10.0 Å². The van der Waals surface area contributed by atoms with Gasteiger partial charge in [0.25, 0.3) is 0 Å². The number of benzene rings is 1. The van der Waals surface area contributed by atoms with E-state index in [2.05, 4.69) is 15.3 Å². The lowest BCUT2D eigenvalue weighted by molar-refractivity contribution is 0.808. The van der Waals surface area contributed by atoms with Crippen LogP contribution in [0.25, 0.3) is 16.9 Å². The molecule has 0 radical (unpaired) electrons. The molecule has 0 spiro atoms. The average Bonchev–Trinajstić information content (AvgIpc) is 2.92. The lowest BCUT2D eigenvalue weighted by Crippen LogP contribution is -1.99. The zero-order valence-electron chi connectivity index (χ0n) is 9.66. The van der Waals surface area contributed by atoms with Gasteiger partial charge in [0.15, 0.2) is 0 Å². The van der Waals surface area contributed by atoms with Gasteiger partial charge in [-0.05, 0) is 30.3 Å². The van der Waals surface area contributed by atoms with Gasteiger partial charge in [-0.15, -0.1) is 5.10 Å². The molecular weight excluding hydrogens is 283 g/mol. The second-order valence-electron chi connectivity index (χ2n) is 3.87. The van der Waals surface area contributed by atoms with Crippen molar-refractivity contribution in [1.82, 2.24) is 20.0 Å². The first-order valence-electron chi connectivity index (χ1n) is 5.52. The van der Waals surface area contributed by atoms with Gasteiger partial charge in [0.2, 0.25) is 0 Å². The maximum atomic E-state index is 6.02. The van der Waals surface area contributed by atoms with E-state index in [9.17, 15) is 0 Å². The van der Waals surface area contributed by atoms with Gasteiger partial charge in [-0.2, -0.15) is 0 Å². The van der Waals surface area contributed by atoms with Gasteiger partial charge < -0.3 is 0 Å². The molecule has 0 saturated heterocycles. The summed E-state index contributed by atoms with van der Waals surface area (Å²) in [5, 5.41) is 8.99. The van der Waals surface area contributed by atoms with Crippen LogP contribution in [0.15, 0.2) is 48.9 Å². The molecule has 4 nitrogen and oxygen atoms in total. The third-order valence-electron chi connectivity index (χ3n) is 2.65. The Bertz CT molecular complexity index is 710. The summed E-state index contributed by atoms with van der Waals surface area (Å²) in [5.74, 6) is 0. The van der Waals surface area contributed by atoms with Crippen molar-refractivity contribution >= 4 is 23.2 Å². The highest BCUT2D eigenvalue weighted by atomic mass is 35.5. The molecule has 2 heterocycles. The highest BCUT2D eigenvalue weighted by molar-refractivity contribution is 6.42. The molecule has 0 atom stereocenters. The molecule has 19 heavy (non-hydrogen) atoms. The van der Waals surface area contributed by atoms with Gasteiger partial charge >= 0.3 is 0 Å². The van der Waals surface area contributed by atoms with Crippen LogP contribution in [-0.4, -0.2) is 20.0 Å². The van der Waals surface area contributed by atoms with E-state index in [0.29, 0.717) is 10.0 Å². The quantitative estimate of drug-likeness (QED) is 0.724. The zero-order valence-corrected chi connectivity index (χ0v) is 11.2. The maximum Gasteiger partial charge on any atom is 0.0959 e. The molecule has 6 heteroatoms. The first kappa shape index (κ1) is 12.1. The van der Waals surface area contributed by atoms with Crippen molar-refractivity contribution in [3.63, 3.8) is 0 Å². The van der Waals surface area contributed by atoms with Gasteiger partial charge in [0.05, 0.1) is 27.6 Å². The first-order valence-corrected chi connectivity index (χ1v) is 6.28. The average molecular weight is 291 g/mol. The van der Waals surface area contributed by atoms with E-state index in [4.69, 9.17) is 23.2 Å². The van der Waals surface area contributed by atoms with Crippen LogP contribution < -0.4 is 0 Å². The molecule has 3 rings (SSSR count). The number of halogens is 2. The lowest BCUT2D eigenvalue weighted by atomic mass is 10.2. The summed E-state index contributed by atoms with van der Waals surface area (Å²) in [6, 6.07) is 9.12. The van der Waals surface area contributed by atoms with Gasteiger partial charge in [0, 0.05) is 18.0 Å². The standard InChI is InChI=1S/C13H8Cl2N4/c14-11-4-3-10(6-12(11)15)19-13(8-17-18-19)9-2-1-5-16-7-9/h1-8H. The minimum Gasteiger partial charge on any atom is -0.264 e. The maximum absolute atomic E-state index is 6.02. The number of rotatable bonds is 2. The van der Waals surface area contributed by atoms with Crippen molar-refractivity contribution in [3.05, 3.63) is 59.0 Å². The number of pyridine rings is 1. The third kappa shape index (κ3) is 2.32. The van der Waals surface area contributed by atoms with Crippen LogP contribution in [0.1, 0.15) is 0 Å². The topological polar surface area (TPSA) is 43.6 Å². The van der Waals surface area contributed by atoms with Crippen molar-refractivity contribution in [3.8, 4) is 16.9 Å². The molecule has 0 saturated carbocycles. The van der Waals surface area contributed by atoms with Crippen LogP contribution in [0.5, 0.6) is 0 Å². The SMILES string of the molecule is Clc1ccc(-n2nncc2-c2cccnc2)cc1Cl. The lowest BCUT2D eigenvalue weighted by Gasteiger charge is -2.06. The molecule has 94 valence electrons. The van der Waals surface area contributed by atoms with Crippen LogP contribution in [0, 0.1) is 0 Å². The van der Waals surface area contributed by atoms with Crippen molar-refractivity contribution in [2.24, 2.45) is 0 Å². The fourth-order valence-corrected chi connectivity index (χ4v) is 2.05. The Labute approximate surface area is 119 Å². The van der Waals surface area contributed by atoms with Crippen LogP contribution in [-0.2, 0) is 0 Å². The zero-order chi connectivity index (χ0) is 13.2. The van der Waals surface area contributed by atoms with E-state index in [0.717, 1.165) is 16.9 Å². The molecule has 0 aliphatic carbocycles. The third-order valence-corrected chi connectivity index (χ3v) is 3.39. The minimum atomic E-state index is 0.479. The van der Waals surface area contributed by atoms with E-state index in [1.807, 2.05) is 18.2 Å². The van der Waals surface area contributed by atoms with Gasteiger partial charge in [-0.25, -0.2) is 4.68 Å². The Morgan fingerprint density at radius 1 is 1.00 bits per heavy atom. The van der Waals surface area contributed by atoms with E-state index in [-0.39, 0.29) is 0 Å². The molecule has 0 amide bonds. The summed E-state index contributed by atoms with van der Waals surface area (Å²) in [6.07, 6.45) is 5.16. The monoisotopic (exact) mass is 290 g/mol. The Balaban J connectivity index is 2.12. The fourth-order valence-electron chi connectivity index (χ4n) is 1.75. The van der Waals surface area contributed by atoms with Crippen molar-refractivity contribution in [2.75, 3.05) is 0 Å². The molecule has 0 unspecified atom stereocenters. The largest absolute Gasteiger partial charge is 0.264 e. The molecule has 0 aliphatic heterocycles. The van der Waals surface area contributed by atoms with Crippen LogP contribution in [0.4, 0.5) is 0 Å². The summed E-state index contributed by atoms with van der Waals surface area (Å²) >= 11 is 11.9. The second kappa shape index (κ2) is 4.99. The van der Waals surface area contributed by atoms with Crippen LogP contribution >= 0.6 is 23.2 Å². The van der Waals surface area contributed by atoms with Crippen molar-refractivity contribution < 1.29 is 0 Å². The first-order chi connectivity index (χ1) is 9.25. The normalized spacial score (nSPS) is 10.6. The van der Waals surface area contributed by atoms with Gasteiger partial charge in [0.1, 0.15) is 0 Å².